The zero-order valence-corrected chi connectivity index (χ0v) is 16.3. The van der Waals surface area contributed by atoms with Gasteiger partial charge in [-0.1, -0.05) is 29.8 Å². The molecular formula is C22H20ClFO4. The van der Waals surface area contributed by atoms with E-state index in [9.17, 15) is 14.0 Å². The summed E-state index contributed by atoms with van der Waals surface area (Å²) in [5, 5.41) is 0.183. The van der Waals surface area contributed by atoms with E-state index >= 15 is 0 Å². The first-order valence-corrected chi connectivity index (χ1v) is 9.33. The van der Waals surface area contributed by atoms with Gasteiger partial charge in [-0.3, -0.25) is 9.59 Å². The Morgan fingerprint density at radius 1 is 1.21 bits per heavy atom. The van der Waals surface area contributed by atoms with Crippen molar-refractivity contribution in [1.29, 1.82) is 0 Å². The molecule has 0 saturated carbocycles. The van der Waals surface area contributed by atoms with E-state index in [1.807, 2.05) is 12.1 Å². The summed E-state index contributed by atoms with van der Waals surface area (Å²) in [6.07, 6.45) is 1.72. The smallest absolute Gasteiger partial charge is 0.317 e. The number of carbonyl (C=O) groups is 2. The largest absolute Gasteiger partial charge is 0.497 e. The molecule has 2 atom stereocenters. The summed E-state index contributed by atoms with van der Waals surface area (Å²) >= 11 is 6.25. The zero-order valence-electron chi connectivity index (χ0n) is 15.6. The standard InChI is InChI=1S/C22H20ClFO4/c1-3-28-22(26)21-16(20-17(23)5-4-6-18(20)24)11-14(12-19(21)25)13-7-9-15(27-2)10-8-13/h4-10,12,16,21H,3,11H2,1-2H3/t16-,21-/m1/s1. The molecule has 2 aromatic rings. The van der Waals surface area contributed by atoms with E-state index in [4.69, 9.17) is 21.1 Å². The Bertz CT molecular complexity index is 900. The molecular weight excluding hydrogens is 383 g/mol. The topological polar surface area (TPSA) is 52.6 Å². The number of halogens is 2. The van der Waals surface area contributed by atoms with Gasteiger partial charge in [0.25, 0.3) is 0 Å². The quantitative estimate of drug-likeness (QED) is 0.532. The highest BCUT2D eigenvalue weighted by Crippen LogP contribution is 2.43. The fraction of sp³-hybridized carbons (Fsp3) is 0.273. The maximum absolute atomic E-state index is 14.6. The second kappa shape index (κ2) is 8.57. The molecule has 0 heterocycles. The average molecular weight is 403 g/mol. The van der Waals surface area contributed by atoms with E-state index in [0.717, 1.165) is 5.56 Å². The van der Waals surface area contributed by atoms with Crippen LogP contribution in [0.3, 0.4) is 0 Å². The number of benzene rings is 2. The van der Waals surface area contributed by atoms with Crippen LogP contribution in [-0.4, -0.2) is 25.5 Å². The van der Waals surface area contributed by atoms with E-state index in [0.29, 0.717) is 11.3 Å². The lowest BCUT2D eigenvalue weighted by molar-refractivity contribution is -0.151. The maximum atomic E-state index is 14.6. The number of hydrogen-bond acceptors (Lipinski definition) is 4. The van der Waals surface area contributed by atoms with Crippen LogP contribution < -0.4 is 4.74 Å². The number of ketones is 1. The molecule has 3 rings (SSSR count). The minimum Gasteiger partial charge on any atom is -0.497 e. The van der Waals surface area contributed by atoms with Crippen molar-refractivity contribution in [3.63, 3.8) is 0 Å². The Labute approximate surface area is 167 Å². The van der Waals surface area contributed by atoms with E-state index in [-0.39, 0.29) is 23.6 Å². The minimum absolute atomic E-state index is 0.134. The van der Waals surface area contributed by atoms with E-state index in [2.05, 4.69) is 0 Å². The highest BCUT2D eigenvalue weighted by atomic mass is 35.5. The number of esters is 1. The molecule has 0 saturated heterocycles. The van der Waals surface area contributed by atoms with Gasteiger partial charge in [0.15, 0.2) is 5.78 Å². The lowest BCUT2D eigenvalue weighted by Gasteiger charge is -2.30. The van der Waals surface area contributed by atoms with Gasteiger partial charge in [-0.15, -0.1) is 0 Å². The Balaban J connectivity index is 2.07. The number of ether oxygens (including phenoxy) is 2. The number of rotatable bonds is 5. The molecule has 4 nitrogen and oxygen atoms in total. The first kappa shape index (κ1) is 20.1. The second-order valence-electron chi connectivity index (χ2n) is 6.48. The summed E-state index contributed by atoms with van der Waals surface area (Å²) in [7, 11) is 1.57. The SMILES string of the molecule is CCOC(=O)[C@H]1C(=O)C=C(c2ccc(OC)cc2)C[C@@H]1c1c(F)cccc1Cl. The fourth-order valence-electron chi connectivity index (χ4n) is 3.53. The molecule has 0 bridgehead atoms. The first-order chi connectivity index (χ1) is 13.5. The molecule has 146 valence electrons. The van der Waals surface area contributed by atoms with E-state index in [1.165, 1.54) is 18.2 Å². The van der Waals surface area contributed by atoms with Gasteiger partial charge in [0.05, 0.1) is 13.7 Å². The Hall–Kier alpha value is -2.66. The molecule has 6 heteroatoms. The molecule has 0 radical (unpaired) electrons. The third-order valence-electron chi connectivity index (χ3n) is 4.84. The van der Waals surface area contributed by atoms with Gasteiger partial charge >= 0.3 is 5.97 Å². The highest BCUT2D eigenvalue weighted by Gasteiger charge is 2.41. The summed E-state index contributed by atoms with van der Waals surface area (Å²) in [5.74, 6) is -2.82. The van der Waals surface area contributed by atoms with Crippen molar-refractivity contribution in [2.24, 2.45) is 5.92 Å². The van der Waals surface area contributed by atoms with Crippen molar-refractivity contribution < 1.29 is 23.5 Å². The monoisotopic (exact) mass is 402 g/mol. The van der Waals surface area contributed by atoms with Crippen LogP contribution in [0.5, 0.6) is 5.75 Å². The van der Waals surface area contributed by atoms with Crippen molar-refractivity contribution in [3.05, 3.63) is 70.5 Å². The number of hydrogen-bond donors (Lipinski definition) is 0. The van der Waals surface area contributed by atoms with Crippen molar-refractivity contribution in [2.45, 2.75) is 19.3 Å². The maximum Gasteiger partial charge on any atom is 0.317 e. The molecule has 0 amide bonds. The molecule has 1 aliphatic carbocycles. The third-order valence-corrected chi connectivity index (χ3v) is 5.17. The van der Waals surface area contributed by atoms with Crippen LogP contribution in [0.25, 0.3) is 5.57 Å². The van der Waals surface area contributed by atoms with E-state index in [1.54, 1.807) is 32.2 Å². The van der Waals surface area contributed by atoms with E-state index < -0.39 is 29.4 Å². The molecule has 0 spiro atoms. The van der Waals surface area contributed by atoms with Crippen molar-refractivity contribution in [1.82, 2.24) is 0 Å². The van der Waals surface area contributed by atoms with Crippen molar-refractivity contribution in [3.8, 4) is 5.75 Å². The molecule has 28 heavy (non-hydrogen) atoms. The number of methoxy groups -OCH3 is 1. The molecule has 2 aromatic carbocycles. The number of carbonyl (C=O) groups excluding carboxylic acids is 2. The Morgan fingerprint density at radius 2 is 1.93 bits per heavy atom. The highest BCUT2D eigenvalue weighted by molar-refractivity contribution is 6.31. The zero-order chi connectivity index (χ0) is 20.3. The molecule has 0 N–H and O–H groups in total. The first-order valence-electron chi connectivity index (χ1n) is 8.95. The third kappa shape index (κ3) is 3.94. The lowest BCUT2D eigenvalue weighted by atomic mass is 9.73. The van der Waals surface area contributed by atoms with Gasteiger partial charge in [-0.2, -0.15) is 0 Å². The lowest BCUT2D eigenvalue weighted by Crippen LogP contribution is -2.34. The number of allylic oxidation sites excluding steroid dienone is 2. The van der Waals surface area contributed by atoms with Gasteiger partial charge in [-0.25, -0.2) is 4.39 Å². The molecule has 1 aliphatic rings. The van der Waals surface area contributed by atoms with Crippen LogP contribution in [0.1, 0.15) is 30.4 Å². The minimum atomic E-state index is -1.13. The van der Waals surface area contributed by atoms with Crippen molar-refractivity contribution >= 4 is 28.9 Å². The molecule has 0 fully saturated rings. The summed E-state index contributed by atoms with van der Waals surface area (Å²) < 4.78 is 24.9. The second-order valence-corrected chi connectivity index (χ2v) is 6.88. The summed E-state index contributed by atoms with van der Waals surface area (Å²) in [5.41, 5.74) is 1.67. The van der Waals surface area contributed by atoms with Gasteiger partial charge in [0, 0.05) is 16.5 Å². The van der Waals surface area contributed by atoms with Crippen LogP contribution in [0.4, 0.5) is 4.39 Å². The molecule has 0 unspecified atom stereocenters. The molecule has 0 aliphatic heterocycles. The van der Waals surface area contributed by atoms with Crippen LogP contribution >= 0.6 is 11.6 Å². The van der Waals surface area contributed by atoms with Gasteiger partial charge in [0.1, 0.15) is 17.5 Å². The van der Waals surface area contributed by atoms with Gasteiger partial charge in [0.2, 0.25) is 0 Å². The van der Waals surface area contributed by atoms with Crippen LogP contribution in [0.2, 0.25) is 5.02 Å². The Morgan fingerprint density at radius 3 is 2.54 bits per heavy atom. The summed E-state index contributed by atoms with van der Waals surface area (Å²) in [4.78, 5) is 25.3. The van der Waals surface area contributed by atoms with Gasteiger partial charge in [-0.05, 0) is 54.8 Å². The summed E-state index contributed by atoms with van der Waals surface area (Å²) in [6.45, 7) is 1.80. The van der Waals surface area contributed by atoms with Crippen LogP contribution in [0.15, 0.2) is 48.5 Å². The van der Waals surface area contributed by atoms with Gasteiger partial charge < -0.3 is 9.47 Å². The predicted molar refractivity (Wildman–Crippen MR) is 105 cm³/mol. The van der Waals surface area contributed by atoms with Crippen LogP contribution in [0, 0.1) is 11.7 Å². The Kier molecular flexibility index (Phi) is 6.15. The van der Waals surface area contributed by atoms with Crippen LogP contribution in [-0.2, 0) is 14.3 Å². The normalized spacial score (nSPS) is 19.1. The fourth-order valence-corrected chi connectivity index (χ4v) is 3.83. The summed E-state index contributed by atoms with van der Waals surface area (Å²) in [6, 6.07) is 11.5. The van der Waals surface area contributed by atoms with Crippen molar-refractivity contribution in [2.75, 3.05) is 13.7 Å². The molecule has 0 aromatic heterocycles. The predicted octanol–water partition coefficient (Wildman–Crippen LogP) is 4.81. The average Bonchev–Trinajstić information content (AvgIpc) is 2.67.